The summed E-state index contributed by atoms with van der Waals surface area (Å²) in [7, 11) is 0. The lowest BCUT2D eigenvalue weighted by molar-refractivity contribution is -0.121. The molecule has 7 heteroatoms. The van der Waals surface area contributed by atoms with Gasteiger partial charge in [-0.2, -0.15) is 0 Å². The Hall–Kier alpha value is -3.45. The maximum absolute atomic E-state index is 12.6. The Morgan fingerprint density at radius 1 is 1.06 bits per heavy atom. The third-order valence-electron chi connectivity index (χ3n) is 5.57. The summed E-state index contributed by atoms with van der Waals surface area (Å²) < 4.78 is 7.69. The molecule has 1 aliphatic heterocycles. The van der Waals surface area contributed by atoms with E-state index >= 15 is 0 Å². The van der Waals surface area contributed by atoms with Crippen LogP contribution in [-0.4, -0.2) is 22.1 Å². The van der Waals surface area contributed by atoms with Crippen LogP contribution >= 0.6 is 15.9 Å². The number of hydrogen-bond donors (Lipinski definition) is 1. The van der Waals surface area contributed by atoms with E-state index in [1.807, 2.05) is 24.3 Å². The van der Waals surface area contributed by atoms with Crippen molar-refractivity contribution in [2.45, 2.75) is 19.5 Å². The Morgan fingerprint density at radius 3 is 2.72 bits per heavy atom. The molecule has 0 bridgehead atoms. The molecule has 0 aliphatic carbocycles. The van der Waals surface area contributed by atoms with Crippen molar-refractivity contribution in [1.82, 2.24) is 14.9 Å². The van der Waals surface area contributed by atoms with Crippen molar-refractivity contribution in [3.8, 4) is 16.9 Å². The second-order valence-corrected chi connectivity index (χ2v) is 8.65. The lowest BCUT2D eigenvalue weighted by Gasteiger charge is -2.09. The third-order valence-corrected chi connectivity index (χ3v) is 6.06. The summed E-state index contributed by atoms with van der Waals surface area (Å²) in [5.41, 5.74) is 4.86. The molecule has 6 nitrogen and oxygen atoms in total. The van der Waals surface area contributed by atoms with Gasteiger partial charge < -0.3 is 10.1 Å². The van der Waals surface area contributed by atoms with Gasteiger partial charge in [0.05, 0.1) is 23.8 Å². The van der Waals surface area contributed by atoms with Crippen LogP contribution in [0.15, 0.2) is 76.3 Å². The molecule has 1 amide bonds. The number of aromatic nitrogens is 2. The van der Waals surface area contributed by atoms with E-state index in [0.29, 0.717) is 17.4 Å². The molecular formula is C25H20BrN3O3. The van der Waals surface area contributed by atoms with Gasteiger partial charge in [-0.25, -0.2) is 4.98 Å². The minimum atomic E-state index is -0.244. The minimum absolute atomic E-state index is 0.0798. The van der Waals surface area contributed by atoms with E-state index in [1.165, 1.54) is 16.5 Å². The van der Waals surface area contributed by atoms with Gasteiger partial charge >= 0.3 is 0 Å². The van der Waals surface area contributed by atoms with Crippen LogP contribution in [0.1, 0.15) is 11.1 Å². The minimum Gasteiger partial charge on any atom is -0.493 e. The van der Waals surface area contributed by atoms with Gasteiger partial charge in [0.1, 0.15) is 12.3 Å². The third kappa shape index (κ3) is 4.16. The first-order valence-electron chi connectivity index (χ1n) is 10.3. The smallest absolute Gasteiger partial charge is 0.261 e. The molecule has 0 radical (unpaired) electrons. The summed E-state index contributed by atoms with van der Waals surface area (Å²) in [6, 6.07) is 19.7. The number of ether oxygens (including phenoxy) is 1. The second kappa shape index (κ2) is 8.59. The fourth-order valence-electron chi connectivity index (χ4n) is 3.84. The monoisotopic (exact) mass is 489 g/mol. The maximum Gasteiger partial charge on any atom is 0.261 e. The first kappa shape index (κ1) is 20.5. The van der Waals surface area contributed by atoms with E-state index in [9.17, 15) is 9.59 Å². The van der Waals surface area contributed by atoms with Crippen LogP contribution in [0.4, 0.5) is 0 Å². The van der Waals surface area contributed by atoms with Gasteiger partial charge in [0, 0.05) is 17.4 Å². The topological polar surface area (TPSA) is 73.2 Å². The molecule has 2 heterocycles. The van der Waals surface area contributed by atoms with Crippen molar-refractivity contribution in [3.63, 3.8) is 0 Å². The zero-order chi connectivity index (χ0) is 22.1. The van der Waals surface area contributed by atoms with Crippen molar-refractivity contribution < 1.29 is 9.53 Å². The molecule has 0 saturated heterocycles. The lowest BCUT2D eigenvalue weighted by Crippen LogP contribution is -2.32. The predicted molar refractivity (Wildman–Crippen MR) is 127 cm³/mol. The number of rotatable bonds is 5. The van der Waals surface area contributed by atoms with E-state index in [-0.39, 0.29) is 18.0 Å². The number of carbonyl (C=O) groups excluding carboxylic acids is 1. The highest BCUT2D eigenvalue weighted by Crippen LogP contribution is 2.30. The van der Waals surface area contributed by atoms with Gasteiger partial charge in [0.25, 0.3) is 5.56 Å². The first-order valence-corrected chi connectivity index (χ1v) is 11.1. The van der Waals surface area contributed by atoms with Crippen LogP contribution in [0.25, 0.3) is 22.0 Å². The van der Waals surface area contributed by atoms with E-state index in [2.05, 4.69) is 50.5 Å². The van der Waals surface area contributed by atoms with Gasteiger partial charge in [0.15, 0.2) is 0 Å². The fourth-order valence-corrected chi connectivity index (χ4v) is 4.20. The number of hydrogen-bond acceptors (Lipinski definition) is 4. The van der Waals surface area contributed by atoms with E-state index < -0.39 is 0 Å². The largest absolute Gasteiger partial charge is 0.493 e. The van der Waals surface area contributed by atoms with Crippen LogP contribution in [-0.2, 0) is 24.3 Å². The highest BCUT2D eigenvalue weighted by atomic mass is 79.9. The molecule has 1 N–H and O–H groups in total. The predicted octanol–water partition coefficient (Wildman–Crippen LogP) is 4.08. The van der Waals surface area contributed by atoms with Crippen LogP contribution in [0.3, 0.4) is 0 Å². The van der Waals surface area contributed by atoms with Crippen LogP contribution < -0.4 is 15.6 Å². The molecule has 0 atom stereocenters. The van der Waals surface area contributed by atoms with Crippen molar-refractivity contribution in [1.29, 1.82) is 0 Å². The lowest BCUT2D eigenvalue weighted by atomic mass is 10.0. The Balaban J connectivity index is 1.23. The Morgan fingerprint density at radius 2 is 1.88 bits per heavy atom. The standard InChI is InChI=1S/C25H20BrN3O3/c26-20-6-7-22-21(12-20)25(31)29(15-28-22)14-24(30)27-13-16-1-3-17(4-2-16)18-5-8-23-19(11-18)9-10-32-23/h1-8,11-12,15H,9-10,13-14H2,(H,27,30). The molecular weight excluding hydrogens is 470 g/mol. The molecule has 3 aromatic carbocycles. The van der Waals surface area contributed by atoms with Crippen LogP contribution in [0, 0.1) is 0 Å². The maximum atomic E-state index is 12.6. The zero-order valence-electron chi connectivity index (χ0n) is 17.2. The highest BCUT2D eigenvalue weighted by Gasteiger charge is 2.13. The molecule has 0 saturated carbocycles. The summed E-state index contributed by atoms with van der Waals surface area (Å²) >= 11 is 3.36. The van der Waals surface area contributed by atoms with Gasteiger partial charge in [-0.15, -0.1) is 0 Å². The van der Waals surface area contributed by atoms with Crippen LogP contribution in [0.2, 0.25) is 0 Å². The molecule has 0 spiro atoms. The molecule has 5 rings (SSSR count). The average Bonchev–Trinajstić information content (AvgIpc) is 3.28. The molecule has 160 valence electrons. The van der Waals surface area contributed by atoms with Crippen molar-refractivity contribution in [3.05, 3.63) is 92.9 Å². The summed E-state index contributed by atoms with van der Waals surface area (Å²) in [5.74, 6) is 0.729. The number of carbonyl (C=O) groups is 1. The molecule has 4 aromatic rings. The van der Waals surface area contributed by atoms with Crippen molar-refractivity contribution >= 4 is 32.7 Å². The summed E-state index contributed by atoms with van der Waals surface area (Å²) in [4.78, 5) is 29.3. The highest BCUT2D eigenvalue weighted by molar-refractivity contribution is 9.10. The number of halogens is 1. The number of fused-ring (bicyclic) bond motifs is 2. The normalized spacial score (nSPS) is 12.4. The summed E-state index contributed by atoms with van der Waals surface area (Å²) in [6.45, 7) is 1.05. The quantitative estimate of drug-likeness (QED) is 0.458. The fraction of sp³-hybridized carbons (Fsp3) is 0.160. The molecule has 1 aromatic heterocycles. The SMILES string of the molecule is O=C(Cn1cnc2ccc(Br)cc2c1=O)NCc1ccc(-c2ccc3c(c2)CCO3)cc1. The zero-order valence-corrected chi connectivity index (χ0v) is 18.8. The van der Waals surface area contributed by atoms with Gasteiger partial charge in [0.2, 0.25) is 5.91 Å². The number of benzene rings is 3. The van der Waals surface area contributed by atoms with Gasteiger partial charge in [-0.05, 0) is 52.6 Å². The summed E-state index contributed by atoms with van der Waals surface area (Å²) in [5, 5.41) is 3.35. The average molecular weight is 490 g/mol. The van der Waals surface area contributed by atoms with Crippen LogP contribution in [0.5, 0.6) is 5.75 Å². The Labute approximate surface area is 193 Å². The molecule has 0 fully saturated rings. The second-order valence-electron chi connectivity index (χ2n) is 7.73. The Bertz CT molecular complexity index is 1380. The van der Waals surface area contributed by atoms with Crippen molar-refractivity contribution in [2.75, 3.05) is 6.61 Å². The summed E-state index contributed by atoms with van der Waals surface area (Å²) in [6.07, 6.45) is 2.36. The first-order chi connectivity index (χ1) is 15.6. The number of nitrogens with one attached hydrogen (secondary N) is 1. The van der Waals surface area contributed by atoms with Gasteiger partial charge in [-0.3, -0.25) is 14.2 Å². The number of amides is 1. The Kier molecular flexibility index (Phi) is 5.49. The van der Waals surface area contributed by atoms with E-state index in [4.69, 9.17) is 4.74 Å². The molecule has 0 unspecified atom stereocenters. The van der Waals surface area contributed by atoms with E-state index in [1.54, 1.807) is 12.1 Å². The molecule has 1 aliphatic rings. The van der Waals surface area contributed by atoms with E-state index in [0.717, 1.165) is 39.9 Å². The van der Waals surface area contributed by atoms with Gasteiger partial charge in [-0.1, -0.05) is 46.3 Å². The molecule has 32 heavy (non-hydrogen) atoms. The number of nitrogens with zero attached hydrogens (tertiary/aromatic N) is 2. The van der Waals surface area contributed by atoms with Crippen molar-refractivity contribution in [2.24, 2.45) is 0 Å².